The Morgan fingerprint density at radius 3 is 3.10 bits per heavy atom. The molecule has 0 spiro atoms. The van der Waals surface area contributed by atoms with Gasteiger partial charge in [0.25, 0.3) is 5.91 Å². The van der Waals surface area contributed by atoms with Crippen molar-refractivity contribution >= 4 is 11.8 Å². The van der Waals surface area contributed by atoms with Gasteiger partial charge in [0.05, 0.1) is 18.8 Å². The molecule has 1 fully saturated rings. The quantitative estimate of drug-likeness (QED) is 0.813. The average Bonchev–Trinajstić information content (AvgIpc) is 3.01. The summed E-state index contributed by atoms with van der Waals surface area (Å²) in [6.07, 6.45) is 3.11. The molecule has 2 rings (SSSR count). The molecule has 6 heteroatoms. The lowest BCUT2D eigenvalue weighted by molar-refractivity contribution is -0.126. The van der Waals surface area contributed by atoms with Crippen LogP contribution >= 0.6 is 0 Å². The van der Waals surface area contributed by atoms with Crippen molar-refractivity contribution in [3.05, 3.63) is 24.2 Å². The van der Waals surface area contributed by atoms with Crippen molar-refractivity contribution < 1.29 is 18.7 Å². The Bertz CT molecular complexity index is 444. The molecule has 110 valence electrons. The first-order valence-electron chi connectivity index (χ1n) is 6.82. The largest absolute Gasteiger partial charge is 0.459 e. The fraction of sp³-hybridized carbons (Fsp3) is 0.571. The van der Waals surface area contributed by atoms with Crippen molar-refractivity contribution in [1.82, 2.24) is 10.2 Å². The van der Waals surface area contributed by atoms with E-state index >= 15 is 0 Å². The van der Waals surface area contributed by atoms with Crippen LogP contribution in [0.3, 0.4) is 0 Å². The van der Waals surface area contributed by atoms with Crippen LogP contribution in [0.25, 0.3) is 0 Å². The van der Waals surface area contributed by atoms with Gasteiger partial charge in [-0.05, 0) is 25.0 Å². The highest BCUT2D eigenvalue weighted by molar-refractivity contribution is 5.92. The van der Waals surface area contributed by atoms with Gasteiger partial charge in [-0.1, -0.05) is 0 Å². The van der Waals surface area contributed by atoms with Crippen molar-refractivity contribution in [3.63, 3.8) is 0 Å². The number of amides is 2. The summed E-state index contributed by atoms with van der Waals surface area (Å²) in [6.45, 7) is 2.10. The number of hydrogen-bond donors (Lipinski definition) is 1. The molecule has 0 aliphatic carbocycles. The van der Waals surface area contributed by atoms with Gasteiger partial charge in [-0.15, -0.1) is 0 Å². The summed E-state index contributed by atoms with van der Waals surface area (Å²) < 4.78 is 10.0. The summed E-state index contributed by atoms with van der Waals surface area (Å²) in [5.41, 5.74) is 0. The van der Waals surface area contributed by atoms with Gasteiger partial charge in [-0.25, -0.2) is 0 Å². The number of rotatable bonds is 5. The highest BCUT2D eigenvalue weighted by atomic mass is 16.5. The molecule has 0 radical (unpaired) electrons. The van der Waals surface area contributed by atoms with E-state index in [1.54, 1.807) is 24.1 Å². The minimum Gasteiger partial charge on any atom is -0.459 e. The molecular weight excluding hydrogens is 260 g/mol. The number of furan rings is 1. The Morgan fingerprint density at radius 1 is 1.55 bits per heavy atom. The molecule has 1 N–H and O–H groups in total. The van der Waals surface area contributed by atoms with Crippen molar-refractivity contribution in [3.8, 4) is 0 Å². The lowest BCUT2D eigenvalue weighted by Crippen LogP contribution is -2.45. The van der Waals surface area contributed by atoms with Crippen LogP contribution in [0.2, 0.25) is 0 Å². The summed E-state index contributed by atoms with van der Waals surface area (Å²) in [6, 6.07) is 3.33. The zero-order valence-electron chi connectivity index (χ0n) is 11.6. The van der Waals surface area contributed by atoms with E-state index < -0.39 is 0 Å². The van der Waals surface area contributed by atoms with Gasteiger partial charge in [0.15, 0.2) is 5.76 Å². The Labute approximate surface area is 118 Å². The third kappa shape index (κ3) is 3.60. The van der Waals surface area contributed by atoms with E-state index in [1.165, 1.54) is 6.26 Å². The van der Waals surface area contributed by atoms with Crippen molar-refractivity contribution in [2.75, 3.05) is 33.4 Å². The molecule has 2 heterocycles. The van der Waals surface area contributed by atoms with Gasteiger partial charge < -0.3 is 19.4 Å². The van der Waals surface area contributed by atoms with Crippen LogP contribution in [0.1, 0.15) is 23.4 Å². The predicted octanol–water partition coefficient (Wildman–Crippen LogP) is 0.894. The normalized spacial score (nSPS) is 18.9. The highest BCUT2D eigenvalue weighted by Gasteiger charge is 2.29. The Balaban J connectivity index is 1.88. The Hall–Kier alpha value is -1.82. The molecule has 1 saturated heterocycles. The van der Waals surface area contributed by atoms with Crippen molar-refractivity contribution in [1.29, 1.82) is 0 Å². The van der Waals surface area contributed by atoms with Gasteiger partial charge in [0.2, 0.25) is 5.91 Å². The first kappa shape index (κ1) is 14.6. The minimum absolute atomic E-state index is 0.0148. The summed E-state index contributed by atoms with van der Waals surface area (Å²) in [4.78, 5) is 25.9. The number of carbonyl (C=O) groups excluding carboxylic acids is 2. The summed E-state index contributed by atoms with van der Waals surface area (Å²) in [5.74, 6) is 0.00773. The fourth-order valence-electron chi connectivity index (χ4n) is 2.35. The molecule has 6 nitrogen and oxygen atoms in total. The first-order chi connectivity index (χ1) is 9.72. The smallest absolute Gasteiger partial charge is 0.289 e. The number of ether oxygens (including phenoxy) is 1. The number of carbonyl (C=O) groups is 2. The van der Waals surface area contributed by atoms with Crippen LogP contribution in [-0.2, 0) is 9.53 Å². The highest BCUT2D eigenvalue weighted by Crippen LogP contribution is 2.19. The minimum atomic E-state index is -0.153. The number of hydrogen-bond acceptors (Lipinski definition) is 4. The van der Waals surface area contributed by atoms with Crippen LogP contribution in [0.4, 0.5) is 0 Å². The molecule has 20 heavy (non-hydrogen) atoms. The van der Waals surface area contributed by atoms with E-state index in [9.17, 15) is 9.59 Å². The number of methoxy groups -OCH3 is 1. The van der Waals surface area contributed by atoms with Gasteiger partial charge in [-0.2, -0.15) is 0 Å². The maximum absolute atomic E-state index is 12.2. The third-order valence-corrected chi connectivity index (χ3v) is 3.42. The summed E-state index contributed by atoms with van der Waals surface area (Å²) in [5, 5.41) is 2.82. The van der Waals surface area contributed by atoms with Gasteiger partial charge in [0, 0.05) is 26.7 Å². The van der Waals surface area contributed by atoms with E-state index in [1.807, 2.05) is 0 Å². The van der Waals surface area contributed by atoms with E-state index in [4.69, 9.17) is 9.15 Å². The molecule has 0 saturated carbocycles. The molecule has 1 aromatic heterocycles. The number of piperidine rings is 1. The Kier molecular flexibility index (Phi) is 5.17. The lowest BCUT2D eigenvalue weighted by Gasteiger charge is -2.31. The predicted molar refractivity (Wildman–Crippen MR) is 72.2 cm³/mol. The van der Waals surface area contributed by atoms with Gasteiger partial charge >= 0.3 is 0 Å². The fourth-order valence-corrected chi connectivity index (χ4v) is 2.35. The van der Waals surface area contributed by atoms with Crippen molar-refractivity contribution in [2.24, 2.45) is 5.92 Å². The molecule has 1 atom stereocenters. The third-order valence-electron chi connectivity index (χ3n) is 3.42. The van der Waals surface area contributed by atoms with Crippen LogP contribution < -0.4 is 5.32 Å². The number of nitrogens with zero attached hydrogens (tertiary/aromatic N) is 1. The van der Waals surface area contributed by atoms with E-state index in [0.29, 0.717) is 32.0 Å². The molecule has 0 aromatic carbocycles. The molecular formula is C14H20N2O4. The zero-order valence-corrected chi connectivity index (χ0v) is 11.6. The van der Waals surface area contributed by atoms with Crippen LogP contribution in [0, 0.1) is 5.92 Å². The maximum Gasteiger partial charge on any atom is 0.289 e. The topological polar surface area (TPSA) is 71.8 Å². The monoisotopic (exact) mass is 280 g/mol. The molecule has 2 amide bonds. The first-order valence-corrected chi connectivity index (χ1v) is 6.82. The lowest BCUT2D eigenvalue weighted by atomic mass is 9.97. The van der Waals surface area contributed by atoms with Crippen LogP contribution in [0.15, 0.2) is 22.8 Å². The van der Waals surface area contributed by atoms with Gasteiger partial charge in [0.1, 0.15) is 0 Å². The summed E-state index contributed by atoms with van der Waals surface area (Å²) >= 11 is 0. The number of likely N-dealkylation sites (tertiary alicyclic amines) is 1. The van der Waals surface area contributed by atoms with Gasteiger partial charge in [-0.3, -0.25) is 9.59 Å². The SMILES string of the molecule is COCCNC(=O)[C@@H]1CCCN(C(=O)c2ccco2)C1. The van der Waals surface area contributed by atoms with E-state index in [-0.39, 0.29) is 17.7 Å². The second-order valence-electron chi connectivity index (χ2n) is 4.85. The average molecular weight is 280 g/mol. The molecule has 0 bridgehead atoms. The summed E-state index contributed by atoms with van der Waals surface area (Å²) in [7, 11) is 1.59. The second kappa shape index (κ2) is 7.09. The van der Waals surface area contributed by atoms with Crippen LogP contribution in [-0.4, -0.2) is 50.1 Å². The molecule has 0 unspecified atom stereocenters. The maximum atomic E-state index is 12.2. The van der Waals surface area contributed by atoms with Crippen molar-refractivity contribution in [2.45, 2.75) is 12.8 Å². The standard InChI is InChI=1S/C14H20N2O4/c1-19-9-6-15-13(17)11-4-2-7-16(10-11)14(18)12-5-3-8-20-12/h3,5,8,11H,2,4,6-7,9-10H2,1H3,(H,15,17)/t11-/m1/s1. The molecule has 1 aliphatic rings. The Morgan fingerprint density at radius 2 is 2.40 bits per heavy atom. The van der Waals surface area contributed by atoms with E-state index in [0.717, 1.165) is 12.8 Å². The van der Waals surface area contributed by atoms with Crippen LogP contribution in [0.5, 0.6) is 0 Å². The molecule has 1 aliphatic heterocycles. The van der Waals surface area contributed by atoms with E-state index in [2.05, 4.69) is 5.32 Å². The second-order valence-corrected chi connectivity index (χ2v) is 4.85. The zero-order chi connectivity index (χ0) is 14.4. The molecule has 1 aromatic rings. The number of nitrogens with one attached hydrogen (secondary N) is 1.